The molecule has 0 aromatic rings. The van der Waals surface area contributed by atoms with Crippen molar-refractivity contribution < 1.29 is 9.59 Å². The molecule has 0 aliphatic carbocycles. The summed E-state index contributed by atoms with van der Waals surface area (Å²) in [5.41, 5.74) is 0. The van der Waals surface area contributed by atoms with E-state index in [9.17, 15) is 9.59 Å². The number of amides is 2. The van der Waals surface area contributed by atoms with E-state index in [1.807, 2.05) is 0 Å². The summed E-state index contributed by atoms with van der Waals surface area (Å²) in [4.78, 5) is 24.7. The average molecular weight is 241 g/mol. The molecule has 5 heteroatoms. The number of carbonyl (C=O) groups excluding carboxylic acids is 2. The molecule has 1 heterocycles. The molecule has 0 radical (unpaired) electrons. The number of hydrogen-bond donors (Lipinski definition) is 2. The van der Waals surface area contributed by atoms with E-state index >= 15 is 0 Å². The Morgan fingerprint density at radius 1 is 1.47 bits per heavy atom. The van der Waals surface area contributed by atoms with Gasteiger partial charge in [0.05, 0.1) is 0 Å². The number of carbonyl (C=O) groups is 2. The monoisotopic (exact) mass is 241 g/mol. The van der Waals surface area contributed by atoms with Crippen LogP contribution in [-0.4, -0.2) is 49.9 Å². The van der Waals surface area contributed by atoms with Crippen LogP contribution in [0.4, 0.5) is 0 Å². The van der Waals surface area contributed by atoms with Crippen LogP contribution in [-0.2, 0) is 9.59 Å². The zero-order chi connectivity index (χ0) is 12.8. The van der Waals surface area contributed by atoms with Gasteiger partial charge in [0.2, 0.25) is 11.8 Å². The SMILES string of the molecule is CC(NC(=O)CCC1CCNC1)C(=O)N(C)C. The standard InChI is InChI=1S/C12H23N3O2/c1-9(12(17)15(2)3)14-11(16)5-4-10-6-7-13-8-10/h9-10,13H,4-8H2,1-3H3,(H,14,16). The highest BCUT2D eigenvalue weighted by atomic mass is 16.2. The Kier molecular flexibility index (Phi) is 5.41. The normalized spacial score (nSPS) is 21.0. The molecule has 1 aliphatic rings. The van der Waals surface area contributed by atoms with Gasteiger partial charge in [-0.2, -0.15) is 0 Å². The molecular weight excluding hydrogens is 218 g/mol. The number of rotatable bonds is 5. The molecule has 1 aliphatic heterocycles. The minimum Gasteiger partial charge on any atom is -0.347 e. The summed E-state index contributed by atoms with van der Waals surface area (Å²) in [6.07, 6.45) is 2.57. The molecule has 98 valence electrons. The topological polar surface area (TPSA) is 61.4 Å². The first-order chi connectivity index (χ1) is 8.00. The fourth-order valence-electron chi connectivity index (χ4n) is 2.06. The molecule has 2 amide bonds. The third-order valence-corrected chi connectivity index (χ3v) is 3.13. The van der Waals surface area contributed by atoms with E-state index in [4.69, 9.17) is 0 Å². The van der Waals surface area contributed by atoms with Crippen LogP contribution in [0.3, 0.4) is 0 Å². The third kappa shape index (κ3) is 4.73. The van der Waals surface area contributed by atoms with Crippen molar-refractivity contribution in [2.45, 2.75) is 32.2 Å². The van der Waals surface area contributed by atoms with Gasteiger partial charge in [0.25, 0.3) is 0 Å². The molecule has 0 saturated carbocycles. The van der Waals surface area contributed by atoms with Crippen LogP contribution in [0.1, 0.15) is 26.2 Å². The highest BCUT2D eigenvalue weighted by molar-refractivity contribution is 5.86. The van der Waals surface area contributed by atoms with Crippen LogP contribution < -0.4 is 10.6 Å². The molecule has 5 nitrogen and oxygen atoms in total. The number of nitrogens with one attached hydrogen (secondary N) is 2. The molecule has 17 heavy (non-hydrogen) atoms. The molecule has 1 rings (SSSR count). The van der Waals surface area contributed by atoms with Gasteiger partial charge in [-0.25, -0.2) is 0 Å². The van der Waals surface area contributed by atoms with Crippen LogP contribution in [0.5, 0.6) is 0 Å². The van der Waals surface area contributed by atoms with Gasteiger partial charge in [-0.3, -0.25) is 9.59 Å². The maximum atomic E-state index is 11.6. The van der Waals surface area contributed by atoms with Gasteiger partial charge >= 0.3 is 0 Å². The average Bonchev–Trinajstić information content (AvgIpc) is 2.77. The molecule has 0 aromatic carbocycles. The lowest BCUT2D eigenvalue weighted by Gasteiger charge is -2.18. The summed E-state index contributed by atoms with van der Waals surface area (Å²) in [7, 11) is 3.38. The minimum atomic E-state index is -0.431. The lowest BCUT2D eigenvalue weighted by Crippen LogP contribution is -2.44. The molecule has 2 N–H and O–H groups in total. The lowest BCUT2D eigenvalue weighted by molar-refractivity contribution is -0.134. The van der Waals surface area contributed by atoms with Crippen molar-refractivity contribution in [3.8, 4) is 0 Å². The third-order valence-electron chi connectivity index (χ3n) is 3.13. The maximum Gasteiger partial charge on any atom is 0.244 e. The van der Waals surface area contributed by atoms with Crippen LogP contribution in [0.25, 0.3) is 0 Å². The molecule has 0 bridgehead atoms. The fraction of sp³-hybridized carbons (Fsp3) is 0.833. The van der Waals surface area contributed by atoms with E-state index in [2.05, 4.69) is 10.6 Å². The summed E-state index contributed by atoms with van der Waals surface area (Å²) in [6, 6.07) is -0.431. The zero-order valence-electron chi connectivity index (χ0n) is 11.0. The van der Waals surface area contributed by atoms with Crippen molar-refractivity contribution in [1.29, 1.82) is 0 Å². The molecule has 1 fully saturated rings. The van der Waals surface area contributed by atoms with Crippen molar-refractivity contribution in [1.82, 2.24) is 15.5 Å². The number of hydrogen-bond acceptors (Lipinski definition) is 3. The van der Waals surface area contributed by atoms with E-state index in [1.165, 1.54) is 4.90 Å². The molecule has 0 aromatic heterocycles. The van der Waals surface area contributed by atoms with Crippen molar-refractivity contribution in [2.75, 3.05) is 27.2 Å². The van der Waals surface area contributed by atoms with Gasteiger partial charge in [-0.05, 0) is 38.8 Å². The van der Waals surface area contributed by atoms with Gasteiger partial charge in [0.1, 0.15) is 6.04 Å². The Labute approximate surface area is 103 Å². The summed E-state index contributed by atoms with van der Waals surface area (Å²) in [5.74, 6) is 0.515. The number of likely N-dealkylation sites (N-methyl/N-ethyl adjacent to an activating group) is 1. The van der Waals surface area contributed by atoms with Crippen LogP contribution >= 0.6 is 0 Å². The molecule has 2 atom stereocenters. The van der Waals surface area contributed by atoms with Crippen LogP contribution in [0.2, 0.25) is 0 Å². The molecule has 1 saturated heterocycles. The summed E-state index contributed by atoms with van der Waals surface area (Å²) in [6.45, 7) is 3.79. The maximum absolute atomic E-state index is 11.6. The second-order valence-electron chi connectivity index (χ2n) is 4.92. The lowest BCUT2D eigenvalue weighted by atomic mass is 10.0. The zero-order valence-corrected chi connectivity index (χ0v) is 11.0. The first-order valence-corrected chi connectivity index (χ1v) is 6.22. The van der Waals surface area contributed by atoms with Crippen molar-refractivity contribution in [2.24, 2.45) is 5.92 Å². The Morgan fingerprint density at radius 2 is 2.18 bits per heavy atom. The van der Waals surface area contributed by atoms with Crippen molar-refractivity contribution >= 4 is 11.8 Å². The molecule has 0 spiro atoms. The Morgan fingerprint density at radius 3 is 2.71 bits per heavy atom. The second kappa shape index (κ2) is 6.59. The van der Waals surface area contributed by atoms with E-state index in [0.29, 0.717) is 12.3 Å². The number of nitrogens with zero attached hydrogens (tertiary/aromatic N) is 1. The Bertz CT molecular complexity index is 273. The summed E-state index contributed by atoms with van der Waals surface area (Å²) in [5, 5.41) is 6.01. The van der Waals surface area contributed by atoms with Gasteiger partial charge in [-0.1, -0.05) is 0 Å². The smallest absolute Gasteiger partial charge is 0.244 e. The van der Waals surface area contributed by atoms with Crippen molar-refractivity contribution in [3.05, 3.63) is 0 Å². The van der Waals surface area contributed by atoms with E-state index in [1.54, 1.807) is 21.0 Å². The first-order valence-electron chi connectivity index (χ1n) is 6.22. The highest BCUT2D eigenvalue weighted by Gasteiger charge is 2.19. The molecular formula is C12H23N3O2. The Hall–Kier alpha value is -1.10. The van der Waals surface area contributed by atoms with E-state index in [-0.39, 0.29) is 11.8 Å². The summed E-state index contributed by atoms with van der Waals surface area (Å²) >= 11 is 0. The summed E-state index contributed by atoms with van der Waals surface area (Å²) < 4.78 is 0. The minimum absolute atomic E-state index is 0.0281. The van der Waals surface area contributed by atoms with Crippen molar-refractivity contribution in [3.63, 3.8) is 0 Å². The van der Waals surface area contributed by atoms with Gasteiger partial charge in [0.15, 0.2) is 0 Å². The quantitative estimate of drug-likeness (QED) is 0.710. The van der Waals surface area contributed by atoms with Gasteiger partial charge in [0, 0.05) is 20.5 Å². The fourth-order valence-corrected chi connectivity index (χ4v) is 2.06. The largest absolute Gasteiger partial charge is 0.347 e. The van der Waals surface area contributed by atoms with Crippen LogP contribution in [0.15, 0.2) is 0 Å². The first kappa shape index (κ1) is 14.0. The van der Waals surface area contributed by atoms with E-state index < -0.39 is 6.04 Å². The van der Waals surface area contributed by atoms with Gasteiger partial charge in [-0.15, -0.1) is 0 Å². The predicted molar refractivity (Wildman–Crippen MR) is 66.5 cm³/mol. The Balaban J connectivity index is 2.21. The second-order valence-corrected chi connectivity index (χ2v) is 4.92. The van der Waals surface area contributed by atoms with Crippen LogP contribution in [0, 0.1) is 5.92 Å². The molecule has 2 unspecified atom stereocenters. The predicted octanol–water partition coefficient (Wildman–Crippen LogP) is -0.0310. The van der Waals surface area contributed by atoms with E-state index in [0.717, 1.165) is 25.9 Å². The highest BCUT2D eigenvalue weighted by Crippen LogP contribution is 2.13. The van der Waals surface area contributed by atoms with Gasteiger partial charge < -0.3 is 15.5 Å².